The van der Waals surface area contributed by atoms with Gasteiger partial charge in [-0.3, -0.25) is 10.1 Å². The summed E-state index contributed by atoms with van der Waals surface area (Å²) in [7, 11) is 0. The van der Waals surface area contributed by atoms with Crippen molar-refractivity contribution in [3.8, 4) is 6.07 Å². The van der Waals surface area contributed by atoms with E-state index in [9.17, 15) is 10.1 Å². The summed E-state index contributed by atoms with van der Waals surface area (Å²) in [6.45, 7) is 0.100. The Bertz CT molecular complexity index is 425. The lowest BCUT2D eigenvalue weighted by Crippen LogP contribution is -2.03. The molecule has 0 saturated carbocycles. The normalized spacial score (nSPS) is 9.50. The van der Waals surface area contributed by atoms with Gasteiger partial charge in [0.2, 0.25) is 0 Å². The summed E-state index contributed by atoms with van der Waals surface area (Å²) in [4.78, 5) is 10.00. The maximum atomic E-state index is 10.6. The van der Waals surface area contributed by atoms with Crippen LogP contribution in [0.3, 0.4) is 0 Å². The van der Waals surface area contributed by atoms with Gasteiger partial charge in [0.25, 0.3) is 5.69 Å². The van der Waals surface area contributed by atoms with E-state index < -0.39 is 4.92 Å². The van der Waals surface area contributed by atoms with Crippen molar-refractivity contribution in [2.45, 2.75) is 6.54 Å². The van der Waals surface area contributed by atoms with Gasteiger partial charge in [0.15, 0.2) is 0 Å². The molecule has 0 aromatic heterocycles. The van der Waals surface area contributed by atoms with Crippen molar-refractivity contribution in [1.82, 2.24) is 0 Å². The molecule has 1 rings (SSSR count). The SMILES string of the molecule is N#Cc1c(CN)cc(Br)cc1[N+](=O)[O-]. The third-order valence-corrected chi connectivity index (χ3v) is 2.15. The zero-order chi connectivity index (χ0) is 10.7. The quantitative estimate of drug-likeness (QED) is 0.643. The van der Waals surface area contributed by atoms with Gasteiger partial charge in [-0.1, -0.05) is 15.9 Å². The van der Waals surface area contributed by atoms with Crippen LogP contribution in [0.15, 0.2) is 16.6 Å². The van der Waals surface area contributed by atoms with E-state index in [-0.39, 0.29) is 17.8 Å². The van der Waals surface area contributed by atoms with Crippen LogP contribution >= 0.6 is 15.9 Å². The summed E-state index contributed by atoms with van der Waals surface area (Å²) < 4.78 is 0.545. The van der Waals surface area contributed by atoms with E-state index in [1.807, 2.05) is 0 Å². The van der Waals surface area contributed by atoms with Crippen LogP contribution in [0.5, 0.6) is 0 Å². The molecule has 0 unspecified atom stereocenters. The fourth-order valence-corrected chi connectivity index (χ4v) is 1.57. The van der Waals surface area contributed by atoms with E-state index in [0.717, 1.165) is 0 Å². The highest BCUT2D eigenvalue weighted by Crippen LogP contribution is 2.26. The highest BCUT2D eigenvalue weighted by Gasteiger charge is 2.17. The highest BCUT2D eigenvalue weighted by molar-refractivity contribution is 9.10. The largest absolute Gasteiger partial charge is 0.326 e. The number of rotatable bonds is 2. The second-order valence-corrected chi connectivity index (χ2v) is 3.45. The van der Waals surface area contributed by atoms with Gasteiger partial charge < -0.3 is 5.73 Å². The van der Waals surface area contributed by atoms with Gasteiger partial charge in [-0.15, -0.1) is 0 Å². The lowest BCUT2D eigenvalue weighted by atomic mass is 10.1. The van der Waals surface area contributed by atoms with Gasteiger partial charge >= 0.3 is 0 Å². The number of hydrogen-bond acceptors (Lipinski definition) is 4. The van der Waals surface area contributed by atoms with Crippen LogP contribution in [0.2, 0.25) is 0 Å². The molecular weight excluding hydrogens is 250 g/mol. The van der Waals surface area contributed by atoms with Gasteiger partial charge in [-0.2, -0.15) is 5.26 Å². The Morgan fingerprint density at radius 1 is 1.64 bits per heavy atom. The summed E-state index contributed by atoms with van der Waals surface area (Å²) in [5.74, 6) is 0. The van der Waals surface area contributed by atoms with Crippen molar-refractivity contribution in [3.63, 3.8) is 0 Å². The molecule has 14 heavy (non-hydrogen) atoms. The standard InChI is InChI=1S/C8H6BrN3O2/c9-6-1-5(3-10)7(4-11)8(2-6)12(13)14/h1-2H,3,10H2. The van der Waals surface area contributed by atoms with Crippen LogP contribution in [0.4, 0.5) is 5.69 Å². The minimum atomic E-state index is -0.595. The summed E-state index contributed by atoms with van der Waals surface area (Å²) in [6, 6.07) is 4.67. The van der Waals surface area contributed by atoms with E-state index in [4.69, 9.17) is 11.0 Å². The van der Waals surface area contributed by atoms with Gasteiger partial charge in [0.1, 0.15) is 11.6 Å². The summed E-state index contributed by atoms with van der Waals surface area (Å²) in [5, 5.41) is 19.3. The molecule has 0 aliphatic carbocycles. The fraction of sp³-hybridized carbons (Fsp3) is 0.125. The van der Waals surface area contributed by atoms with Gasteiger partial charge in [0.05, 0.1) is 4.92 Å². The van der Waals surface area contributed by atoms with Gasteiger partial charge in [-0.25, -0.2) is 0 Å². The van der Waals surface area contributed by atoms with Crippen molar-refractivity contribution in [2.75, 3.05) is 0 Å². The third-order valence-electron chi connectivity index (χ3n) is 1.69. The fourth-order valence-electron chi connectivity index (χ4n) is 1.08. The topological polar surface area (TPSA) is 93.0 Å². The maximum absolute atomic E-state index is 10.6. The first-order valence-electron chi connectivity index (χ1n) is 3.67. The number of nitro benzene ring substituents is 1. The molecule has 1 aromatic carbocycles. The Labute approximate surface area is 88.4 Å². The Balaban J connectivity index is 3.49. The average molecular weight is 256 g/mol. The molecule has 6 heteroatoms. The molecule has 0 radical (unpaired) electrons. The van der Waals surface area contributed by atoms with Crippen LogP contribution in [-0.2, 0) is 6.54 Å². The predicted octanol–water partition coefficient (Wildman–Crippen LogP) is 1.69. The smallest absolute Gasteiger partial charge is 0.288 e. The van der Waals surface area contributed by atoms with Crippen molar-refractivity contribution < 1.29 is 4.92 Å². The zero-order valence-electron chi connectivity index (χ0n) is 7.03. The van der Waals surface area contributed by atoms with Crippen LogP contribution in [0.1, 0.15) is 11.1 Å². The second kappa shape index (κ2) is 4.17. The lowest BCUT2D eigenvalue weighted by Gasteiger charge is -2.02. The number of nitrogens with two attached hydrogens (primary N) is 1. The summed E-state index contributed by atoms with van der Waals surface area (Å²) in [5.41, 5.74) is 5.64. The van der Waals surface area contributed by atoms with E-state index in [0.29, 0.717) is 10.0 Å². The van der Waals surface area contributed by atoms with E-state index in [1.165, 1.54) is 6.07 Å². The first kappa shape index (κ1) is 10.6. The molecule has 0 bridgehead atoms. The number of hydrogen-bond donors (Lipinski definition) is 1. The third kappa shape index (κ3) is 1.89. The molecule has 0 amide bonds. The van der Waals surface area contributed by atoms with Crippen LogP contribution < -0.4 is 5.73 Å². The Hall–Kier alpha value is -1.45. The zero-order valence-corrected chi connectivity index (χ0v) is 8.61. The Kier molecular flexibility index (Phi) is 3.17. The Morgan fingerprint density at radius 3 is 2.71 bits per heavy atom. The predicted molar refractivity (Wildman–Crippen MR) is 53.4 cm³/mol. The number of halogens is 1. The lowest BCUT2D eigenvalue weighted by molar-refractivity contribution is -0.385. The molecule has 0 heterocycles. The molecule has 0 aliphatic rings. The summed E-state index contributed by atoms with van der Waals surface area (Å²) >= 11 is 3.12. The average Bonchev–Trinajstić information content (AvgIpc) is 2.16. The van der Waals surface area contributed by atoms with Crippen LogP contribution in [0, 0.1) is 21.4 Å². The molecule has 0 fully saturated rings. The molecular formula is C8H6BrN3O2. The van der Waals surface area contributed by atoms with Crippen molar-refractivity contribution in [3.05, 3.63) is 37.8 Å². The number of nitriles is 1. The highest BCUT2D eigenvalue weighted by atomic mass is 79.9. The van der Waals surface area contributed by atoms with Crippen LogP contribution in [-0.4, -0.2) is 4.92 Å². The number of nitro groups is 1. The minimum Gasteiger partial charge on any atom is -0.326 e. The van der Waals surface area contributed by atoms with E-state index >= 15 is 0 Å². The minimum absolute atomic E-state index is 0.0284. The first-order valence-corrected chi connectivity index (χ1v) is 4.46. The van der Waals surface area contributed by atoms with Crippen molar-refractivity contribution in [2.24, 2.45) is 5.73 Å². The maximum Gasteiger partial charge on any atom is 0.288 e. The Morgan fingerprint density at radius 2 is 2.29 bits per heavy atom. The molecule has 1 aromatic rings. The second-order valence-electron chi connectivity index (χ2n) is 2.53. The number of benzene rings is 1. The van der Waals surface area contributed by atoms with Crippen molar-refractivity contribution in [1.29, 1.82) is 5.26 Å². The number of nitrogens with zero attached hydrogens (tertiary/aromatic N) is 2. The van der Waals surface area contributed by atoms with Gasteiger partial charge in [-0.05, 0) is 11.6 Å². The molecule has 2 N–H and O–H groups in total. The molecule has 72 valence electrons. The first-order chi connectivity index (χ1) is 6.60. The summed E-state index contributed by atoms with van der Waals surface area (Å²) in [6.07, 6.45) is 0. The van der Waals surface area contributed by atoms with Gasteiger partial charge in [0, 0.05) is 17.1 Å². The molecule has 5 nitrogen and oxygen atoms in total. The molecule has 0 atom stereocenters. The molecule has 0 spiro atoms. The van der Waals surface area contributed by atoms with Crippen LogP contribution in [0.25, 0.3) is 0 Å². The van der Waals surface area contributed by atoms with Crippen molar-refractivity contribution >= 4 is 21.6 Å². The van der Waals surface area contributed by atoms with E-state index in [2.05, 4.69) is 15.9 Å². The monoisotopic (exact) mass is 255 g/mol. The molecule has 0 saturated heterocycles. The molecule has 0 aliphatic heterocycles. The van der Waals surface area contributed by atoms with E-state index in [1.54, 1.807) is 12.1 Å².